The maximum absolute atomic E-state index is 11.9. The molecule has 2 amide bonds. The molecule has 0 radical (unpaired) electrons. The molecule has 0 spiro atoms. The Morgan fingerprint density at radius 2 is 2.00 bits per heavy atom. The Balaban J connectivity index is 1.75. The summed E-state index contributed by atoms with van der Waals surface area (Å²) in [7, 11) is 0. The number of hydrogen-bond donors (Lipinski definition) is 2. The Morgan fingerprint density at radius 1 is 1.22 bits per heavy atom. The zero-order valence-electron chi connectivity index (χ0n) is 13.4. The molecule has 0 aliphatic carbocycles. The first kappa shape index (κ1) is 17.2. The van der Waals surface area contributed by atoms with Gasteiger partial charge in [0.2, 0.25) is 0 Å². The van der Waals surface area contributed by atoms with Crippen LogP contribution in [-0.4, -0.2) is 19.2 Å². The second-order valence-electron chi connectivity index (χ2n) is 5.15. The van der Waals surface area contributed by atoms with E-state index in [0.29, 0.717) is 18.2 Å². The van der Waals surface area contributed by atoms with Gasteiger partial charge in [-0.2, -0.15) is 0 Å². The Morgan fingerprint density at radius 3 is 2.74 bits per heavy atom. The summed E-state index contributed by atoms with van der Waals surface area (Å²) in [6.07, 6.45) is 0.871. The van der Waals surface area contributed by atoms with Gasteiger partial charge in [0.25, 0.3) is 0 Å². The number of anilines is 1. The van der Waals surface area contributed by atoms with Crippen LogP contribution in [0.25, 0.3) is 0 Å². The van der Waals surface area contributed by atoms with E-state index in [1.54, 1.807) is 6.07 Å². The van der Waals surface area contributed by atoms with E-state index in [4.69, 9.17) is 16.3 Å². The lowest BCUT2D eigenvalue weighted by Gasteiger charge is -2.11. The summed E-state index contributed by atoms with van der Waals surface area (Å²) >= 11 is 5.96. The van der Waals surface area contributed by atoms with Crippen molar-refractivity contribution in [2.75, 3.05) is 18.5 Å². The van der Waals surface area contributed by atoms with Crippen LogP contribution in [0.3, 0.4) is 0 Å². The van der Waals surface area contributed by atoms with Gasteiger partial charge in [-0.15, -0.1) is 0 Å². The Bertz CT molecular complexity index is 674. The molecule has 2 N–H and O–H groups in total. The Kier molecular flexibility index (Phi) is 6.29. The minimum absolute atomic E-state index is 0.234. The predicted octanol–water partition coefficient (Wildman–Crippen LogP) is 4.41. The van der Waals surface area contributed by atoms with E-state index in [2.05, 4.69) is 17.6 Å². The predicted molar refractivity (Wildman–Crippen MR) is 94.5 cm³/mol. The first-order valence-electron chi connectivity index (χ1n) is 7.62. The van der Waals surface area contributed by atoms with Crippen LogP contribution in [0, 0.1) is 6.92 Å². The molecule has 0 heterocycles. The SMILES string of the molecule is CCc1ccccc1NC(=O)NCCOc1ccc(Cl)c(C)c1. The van der Waals surface area contributed by atoms with E-state index in [1.807, 2.05) is 43.3 Å². The van der Waals surface area contributed by atoms with Crippen molar-refractivity contribution in [1.82, 2.24) is 5.32 Å². The van der Waals surface area contributed by atoms with E-state index in [0.717, 1.165) is 29.0 Å². The van der Waals surface area contributed by atoms with Crippen LogP contribution < -0.4 is 15.4 Å². The van der Waals surface area contributed by atoms with Gasteiger partial charge in [0.1, 0.15) is 12.4 Å². The molecule has 0 atom stereocenters. The summed E-state index contributed by atoms with van der Waals surface area (Å²) in [5.41, 5.74) is 2.91. The van der Waals surface area contributed by atoms with Crippen molar-refractivity contribution < 1.29 is 9.53 Å². The standard InChI is InChI=1S/C18H21ClN2O2/c1-3-14-6-4-5-7-17(14)21-18(22)20-10-11-23-15-8-9-16(19)13(2)12-15/h4-9,12H,3,10-11H2,1-2H3,(H2,20,21,22). The summed E-state index contributed by atoms with van der Waals surface area (Å²) in [5, 5.41) is 6.34. The number of ether oxygens (including phenoxy) is 1. The number of aryl methyl sites for hydroxylation is 2. The van der Waals surface area contributed by atoms with Gasteiger partial charge in [-0.25, -0.2) is 4.79 Å². The zero-order chi connectivity index (χ0) is 16.7. The van der Waals surface area contributed by atoms with Crippen LogP contribution in [0.4, 0.5) is 10.5 Å². The van der Waals surface area contributed by atoms with Gasteiger partial charge in [0.15, 0.2) is 0 Å². The van der Waals surface area contributed by atoms with E-state index in [-0.39, 0.29) is 6.03 Å². The molecule has 2 aromatic carbocycles. The smallest absolute Gasteiger partial charge is 0.319 e. The largest absolute Gasteiger partial charge is 0.492 e. The molecule has 0 bridgehead atoms. The van der Waals surface area contributed by atoms with Crippen LogP contribution >= 0.6 is 11.6 Å². The average Bonchev–Trinajstić information content (AvgIpc) is 2.55. The Labute approximate surface area is 141 Å². The number of carbonyl (C=O) groups excluding carboxylic acids is 1. The number of para-hydroxylation sites is 1. The molecule has 5 heteroatoms. The summed E-state index contributed by atoms with van der Waals surface area (Å²) in [6.45, 7) is 4.79. The van der Waals surface area contributed by atoms with E-state index in [9.17, 15) is 4.79 Å². The summed E-state index contributed by atoms with van der Waals surface area (Å²) in [4.78, 5) is 11.9. The van der Waals surface area contributed by atoms with Gasteiger partial charge in [-0.1, -0.05) is 36.7 Å². The number of halogens is 1. The van der Waals surface area contributed by atoms with Gasteiger partial charge >= 0.3 is 6.03 Å². The van der Waals surface area contributed by atoms with Crippen molar-refractivity contribution >= 4 is 23.3 Å². The molecule has 0 aliphatic heterocycles. The lowest BCUT2D eigenvalue weighted by molar-refractivity contribution is 0.247. The molecule has 0 aliphatic rings. The maximum atomic E-state index is 11.9. The molecule has 23 heavy (non-hydrogen) atoms. The molecule has 0 fully saturated rings. The van der Waals surface area contributed by atoms with Crippen LogP contribution in [0.15, 0.2) is 42.5 Å². The minimum atomic E-state index is -0.234. The second kappa shape index (κ2) is 8.44. The van der Waals surface area contributed by atoms with Crippen molar-refractivity contribution in [3.05, 3.63) is 58.6 Å². The molecular formula is C18H21ClN2O2. The molecule has 2 aromatic rings. The molecule has 122 valence electrons. The third-order valence-corrected chi connectivity index (χ3v) is 3.86. The quantitative estimate of drug-likeness (QED) is 0.770. The number of carbonyl (C=O) groups is 1. The maximum Gasteiger partial charge on any atom is 0.319 e. The number of nitrogens with one attached hydrogen (secondary N) is 2. The van der Waals surface area contributed by atoms with Crippen LogP contribution in [0.2, 0.25) is 5.02 Å². The normalized spacial score (nSPS) is 10.2. The average molecular weight is 333 g/mol. The summed E-state index contributed by atoms with van der Waals surface area (Å²) in [5.74, 6) is 0.741. The highest BCUT2D eigenvalue weighted by Gasteiger charge is 2.05. The van der Waals surface area contributed by atoms with E-state index in [1.165, 1.54) is 0 Å². The number of benzene rings is 2. The highest BCUT2D eigenvalue weighted by molar-refractivity contribution is 6.31. The Hall–Kier alpha value is -2.20. The lowest BCUT2D eigenvalue weighted by atomic mass is 10.1. The van der Waals surface area contributed by atoms with Crippen LogP contribution in [0.5, 0.6) is 5.75 Å². The number of urea groups is 1. The number of amides is 2. The van der Waals surface area contributed by atoms with E-state index >= 15 is 0 Å². The van der Waals surface area contributed by atoms with Crippen molar-refractivity contribution in [3.8, 4) is 5.75 Å². The second-order valence-corrected chi connectivity index (χ2v) is 5.56. The van der Waals surface area contributed by atoms with Crippen molar-refractivity contribution in [1.29, 1.82) is 0 Å². The number of rotatable bonds is 6. The fraction of sp³-hybridized carbons (Fsp3) is 0.278. The van der Waals surface area contributed by atoms with Crippen molar-refractivity contribution in [3.63, 3.8) is 0 Å². The zero-order valence-corrected chi connectivity index (χ0v) is 14.1. The highest BCUT2D eigenvalue weighted by atomic mass is 35.5. The highest BCUT2D eigenvalue weighted by Crippen LogP contribution is 2.20. The van der Waals surface area contributed by atoms with Crippen LogP contribution in [0.1, 0.15) is 18.1 Å². The first-order chi connectivity index (χ1) is 11.1. The fourth-order valence-corrected chi connectivity index (χ4v) is 2.28. The van der Waals surface area contributed by atoms with Gasteiger partial charge in [0, 0.05) is 10.7 Å². The molecule has 0 saturated heterocycles. The third-order valence-electron chi connectivity index (χ3n) is 3.43. The van der Waals surface area contributed by atoms with Gasteiger partial charge < -0.3 is 15.4 Å². The summed E-state index contributed by atoms with van der Waals surface area (Å²) < 4.78 is 5.59. The summed E-state index contributed by atoms with van der Waals surface area (Å²) in [6, 6.07) is 13.0. The molecular weight excluding hydrogens is 312 g/mol. The molecule has 0 saturated carbocycles. The van der Waals surface area contributed by atoms with Gasteiger partial charge in [0.05, 0.1) is 6.54 Å². The lowest BCUT2D eigenvalue weighted by Crippen LogP contribution is -2.32. The molecule has 0 unspecified atom stereocenters. The molecule has 4 nitrogen and oxygen atoms in total. The monoisotopic (exact) mass is 332 g/mol. The van der Waals surface area contributed by atoms with Crippen LogP contribution in [-0.2, 0) is 6.42 Å². The van der Waals surface area contributed by atoms with E-state index < -0.39 is 0 Å². The van der Waals surface area contributed by atoms with Gasteiger partial charge in [-0.05, 0) is 48.7 Å². The first-order valence-corrected chi connectivity index (χ1v) is 7.99. The minimum Gasteiger partial charge on any atom is -0.492 e. The third kappa shape index (κ3) is 5.18. The van der Waals surface area contributed by atoms with Crippen molar-refractivity contribution in [2.45, 2.75) is 20.3 Å². The fourth-order valence-electron chi connectivity index (χ4n) is 2.16. The van der Waals surface area contributed by atoms with Gasteiger partial charge in [-0.3, -0.25) is 0 Å². The molecule has 0 aromatic heterocycles. The number of hydrogen-bond acceptors (Lipinski definition) is 2. The topological polar surface area (TPSA) is 50.4 Å². The van der Waals surface area contributed by atoms with Crippen molar-refractivity contribution in [2.24, 2.45) is 0 Å². The molecule has 2 rings (SSSR count).